The van der Waals surface area contributed by atoms with Gasteiger partial charge >= 0.3 is 0 Å². The molecule has 2 heterocycles. The Hall–Kier alpha value is -2.34. The standard InChI is InChI=1S/C16H16N4OS/c1-11(16-19-13-4-2-3-5-14(13)20-16)22-10-15(21)18-12-6-8-17-9-7-12/h2-9,11H,10H2,1H3,(H,19,20)(H,17,18,21)/t11-/m0/s1. The number of aromatic nitrogens is 3. The van der Waals surface area contributed by atoms with Crippen LogP contribution >= 0.6 is 11.8 Å². The van der Waals surface area contributed by atoms with E-state index < -0.39 is 0 Å². The zero-order valence-corrected chi connectivity index (χ0v) is 12.9. The molecular weight excluding hydrogens is 296 g/mol. The van der Waals surface area contributed by atoms with Gasteiger partial charge in [0.05, 0.1) is 22.0 Å². The Morgan fingerprint density at radius 3 is 2.82 bits per heavy atom. The molecule has 0 aliphatic rings. The first-order valence-electron chi connectivity index (χ1n) is 6.98. The van der Waals surface area contributed by atoms with E-state index >= 15 is 0 Å². The number of pyridine rings is 1. The molecule has 3 rings (SSSR count). The highest BCUT2D eigenvalue weighted by molar-refractivity contribution is 8.00. The summed E-state index contributed by atoms with van der Waals surface area (Å²) in [6.45, 7) is 2.04. The molecule has 22 heavy (non-hydrogen) atoms. The summed E-state index contributed by atoms with van der Waals surface area (Å²) in [5, 5.41) is 2.97. The van der Waals surface area contributed by atoms with Crippen LogP contribution in [0.5, 0.6) is 0 Å². The fourth-order valence-corrected chi connectivity index (χ4v) is 2.82. The first kappa shape index (κ1) is 14.6. The molecule has 112 valence electrons. The monoisotopic (exact) mass is 312 g/mol. The lowest BCUT2D eigenvalue weighted by Crippen LogP contribution is -2.14. The van der Waals surface area contributed by atoms with Crippen molar-refractivity contribution in [2.24, 2.45) is 0 Å². The van der Waals surface area contributed by atoms with Gasteiger partial charge in [-0.1, -0.05) is 12.1 Å². The number of imidazole rings is 1. The number of anilines is 1. The Morgan fingerprint density at radius 2 is 2.05 bits per heavy atom. The third kappa shape index (κ3) is 3.46. The van der Waals surface area contributed by atoms with Crippen molar-refractivity contribution < 1.29 is 4.79 Å². The van der Waals surface area contributed by atoms with Crippen molar-refractivity contribution >= 4 is 34.4 Å². The molecule has 0 aliphatic heterocycles. The fourth-order valence-electron chi connectivity index (χ4n) is 2.08. The summed E-state index contributed by atoms with van der Waals surface area (Å²) in [4.78, 5) is 23.7. The zero-order valence-electron chi connectivity index (χ0n) is 12.1. The Bertz CT molecular complexity index is 739. The van der Waals surface area contributed by atoms with E-state index in [-0.39, 0.29) is 11.2 Å². The van der Waals surface area contributed by atoms with Crippen LogP contribution in [0.1, 0.15) is 18.0 Å². The molecule has 1 amide bonds. The number of nitrogens with zero attached hydrogens (tertiary/aromatic N) is 2. The van der Waals surface area contributed by atoms with Gasteiger partial charge in [0.15, 0.2) is 0 Å². The van der Waals surface area contributed by atoms with Gasteiger partial charge in [0.25, 0.3) is 0 Å². The fraction of sp³-hybridized carbons (Fsp3) is 0.188. The van der Waals surface area contributed by atoms with Crippen LogP contribution < -0.4 is 5.32 Å². The minimum atomic E-state index is -0.0286. The van der Waals surface area contributed by atoms with Crippen LogP contribution in [0.3, 0.4) is 0 Å². The molecule has 1 atom stereocenters. The Balaban J connectivity index is 1.57. The minimum Gasteiger partial charge on any atom is -0.341 e. The molecule has 0 saturated carbocycles. The number of fused-ring (bicyclic) bond motifs is 1. The number of nitrogens with one attached hydrogen (secondary N) is 2. The average Bonchev–Trinajstić information content (AvgIpc) is 2.98. The van der Waals surface area contributed by atoms with Crippen LogP contribution in [0, 0.1) is 0 Å². The number of hydrogen-bond donors (Lipinski definition) is 2. The maximum Gasteiger partial charge on any atom is 0.234 e. The maximum absolute atomic E-state index is 11.9. The molecule has 0 fully saturated rings. The van der Waals surface area contributed by atoms with E-state index in [1.807, 2.05) is 31.2 Å². The van der Waals surface area contributed by atoms with E-state index in [0.717, 1.165) is 22.5 Å². The normalized spacial score (nSPS) is 12.2. The number of rotatable bonds is 5. The first-order valence-corrected chi connectivity index (χ1v) is 8.03. The van der Waals surface area contributed by atoms with Gasteiger partial charge < -0.3 is 10.3 Å². The molecule has 0 aliphatic carbocycles. The highest BCUT2D eigenvalue weighted by atomic mass is 32.2. The van der Waals surface area contributed by atoms with E-state index in [1.165, 1.54) is 0 Å². The van der Waals surface area contributed by atoms with Gasteiger partial charge in [0.2, 0.25) is 5.91 Å². The molecule has 0 unspecified atom stereocenters. The minimum absolute atomic E-state index is 0.0286. The Kier molecular flexibility index (Phi) is 4.39. The molecule has 1 aromatic carbocycles. The number of amides is 1. The van der Waals surface area contributed by atoms with Crippen LogP contribution in [0.4, 0.5) is 5.69 Å². The summed E-state index contributed by atoms with van der Waals surface area (Å²) in [6, 6.07) is 11.5. The number of para-hydroxylation sites is 2. The largest absolute Gasteiger partial charge is 0.341 e. The summed E-state index contributed by atoms with van der Waals surface area (Å²) in [7, 11) is 0. The number of aromatic amines is 1. The van der Waals surface area contributed by atoms with Crippen LogP contribution in [0.15, 0.2) is 48.8 Å². The number of H-pyrrole nitrogens is 1. The highest BCUT2D eigenvalue weighted by Gasteiger charge is 2.13. The van der Waals surface area contributed by atoms with Gasteiger partial charge in [-0.05, 0) is 31.2 Å². The molecule has 3 aromatic rings. The van der Waals surface area contributed by atoms with E-state index in [0.29, 0.717) is 5.75 Å². The Labute approximate surface area is 132 Å². The molecule has 0 radical (unpaired) electrons. The van der Waals surface area contributed by atoms with Gasteiger partial charge in [-0.25, -0.2) is 4.98 Å². The lowest BCUT2D eigenvalue weighted by Gasteiger charge is -2.08. The average molecular weight is 312 g/mol. The smallest absolute Gasteiger partial charge is 0.234 e. The van der Waals surface area contributed by atoms with Crippen LogP contribution in [0.25, 0.3) is 11.0 Å². The predicted molar refractivity (Wildman–Crippen MR) is 89.8 cm³/mol. The number of hydrogen-bond acceptors (Lipinski definition) is 4. The molecular formula is C16H16N4OS. The topological polar surface area (TPSA) is 70.7 Å². The van der Waals surface area contributed by atoms with Gasteiger partial charge in [-0.15, -0.1) is 11.8 Å². The zero-order chi connectivity index (χ0) is 15.4. The van der Waals surface area contributed by atoms with E-state index in [4.69, 9.17) is 0 Å². The maximum atomic E-state index is 11.9. The predicted octanol–water partition coefficient (Wildman–Crippen LogP) is 3.39. The summed E-state index contributed by atoms with van der Waals surface area (Å²) in [6.07, 6.45) is 3.31. The number of carbonyl (C=O) groups is 1. The van der Waals surface area contributed by atoms with Crippen molar-refractivity contribution in [3.8, 4) is 0 Å². The van der Waals surface area contributed by atoms with E-state index in [2.05, 4.69) is 20.3 Å². The molecule has 2 N–H and O–H groups in total. The molecule has 0 bridgehead atoms. The summed E-state index contributed by atoms with van der Waals surface area (Å²) >= 11 is 1.55. The van der Waals surface area contributed by atoms with Crippen molar-refractivity contribution in [1.82, 2.24) is 15.0 Å². The van der Waals surface area contributed by atoms with Gasteiger partial charge in [-0.3, -0.25) is 9.78 Å². The van der Waals surface area contributed by atoms with Crippen LogP contribution in [-0.2, 0) is 4.79 Å². The number of benzene rings is 1. The highest BCUT2D eigenvalue weighted by Crippen LogP contribution is 2.27. The number of thioether (sulfide) groups is 1. The lowest BCUT2D eigenvalue weighted by atomic mass is 10.3. The second kappa shape index (κ2) is 6.62. The summed E-state index contributed by atoms with van der Waals surface area (Å²) in [5.74, 6) is 1.24. The second-order valence-corrected chi connectivity index (χ2v) is 6.21. The van der Waals surface area contributed by atoms with Crippen LogP contribution in [0.2, 0.25) is 0 Å². The third-order valence-electron chi connectivity index (χ3n) is 3.22. The summed E-state index contributed by atoms with van der Waals surface area (Å²) < 4.78 is 0. The van der Waals surface area contributed by atoms with Crippen molar-refractivity contribution in [2.45, 2.75) is 12.2 Å². The molecule has 6 heteroatoms. The van der Waals surface area contributed by atoms with E-state index in [1.54, 1.807) is 36.3 Å². The Morgan fingerprint density at radius 1 is 1.27 bits per heavy atom. The third-order valence-corrected chi connectivity index (χ3v) is 4.37. The quantitative estimate of drug-likeness (QED) is 0.757. The van der Waals surface area contributed by atoms with Crippen molar-refractivity contribution in [1.29, 1.82) is 0 Å². The van der Waals surface area contributed by atoms with Crippen LogP contribution in [-0.4, -0.2) is 26.6 Å². The first-order chi connectivity index (χ1) is 10.7. The SMILES string of the molecule is C[C@H](SCC(=O)Nc1ccncc1)c1nc2ccccc2[nH]1. The van der Waals surface area contributed by atoms with Crippen molar-refractivity contribution in [3.05, 3.63) is 54.6 Å². The molecule has 0 saturated heterocycles. The summed E-state index contributed by atoms with van der Waals surface area (Å²) in [5.41, 5.74) is 2.73. The van der Waals surface area contributed by atoms with Crippen molar-refractivity contribution in [2.75, 3.05) is 11.1 Å². The number of carbonyl (C=O) groups excluding carboxylic acids is 1. The molecule has 2 aromatic heterocycles. The van der Waals surface area contributed by atoms with Crippen molar-refractivity contribution in [3.63, 3.8) is 0 Å². The molecule has 0 spiro atoms. The molecule has 5 nitrogen and oxygen atoms in total. The lowest BCUT2D eigenvalue weighted by molar-refractivity contribution is -0.113. The second-order valence-electron chi connectivity index (χ2n) is 4.88. The van der Waals surface area contributed by atoms with Gasteiger partial charge in [0.1, 0.15) is 5.82 Å². The van der Waals surface area contributed by atoms with E-state index in [9.17, 15) is 4.79 Å². The van der Waals surface area contributed by atoms with Gasteiger partial charge in [-0.2, -0.15) is 0 Å². The van der Waals surface area contributed by atoms with Gasteiger partial charge in [0, 0.05) is 18.1 Å².